The van der Waals surface area contributed by atoms with Crippen molar-refractivity contribution in [3.63, 3.8) is 0 Å². The van der Waals surface area contributed by atoms with Gasteiger partial charge in [-0.2, -0.15) is 0 Å². The van der Waals surface area contributed by atoms with E-state index in [1.165, 1.54) is 53.1 Å². The zero-order valence-corrected chi connectivity index (χ0v) is 34.5. The molecule has 0 aliphatic heterocycles. The molecule has 8 aromatic rings. The summed E-state index contributed by atoms with van der Waals surface area (Å²) in [5.41, 5.74) is 11.8. The minimum atomic E-state index is -1.29. The molecule has 1 radical (unpaired) electrons. The Hall–Kier alpha value is -4.93. The van der Waals surface area contributed by atoms with Crippen molar-refractivity contribution in [1.29, 1.82) is 0 Å². The van der Waals surface area contributed by atoms with E-state index in [0.29, 0.717) is 0 Å². The summed E-state index contributed by atoms with van der Waals surface area (Å²) in [6, 6.07) is 53.1. The summed E-state index contributed by atoms with van der Waals surface area (Å²) in [7, 11) is -1.29. The molecule has 0 amide bonds. The Morgan fingerprint density at radius 3 is 2.04 bits per heavy atom. The molecule has 1 aliphatic rings. The third kappa shape index (κ3) is 8.40. The minimum Gasteiger partial charge on any atom is -0.501 e. The van der Waals surface area contributed by atoms with Crippen LogP contribution in [-0.2, 0) is 26.5 Å². The van der Waals surface area contributed by atoms with Crippen molar-refractivity contribution in [3.05, 3.63) is 164 Å². The Morgan fingerprint density at radius 2 is 1.35 bits per heavy atom. The van der Waals surface area contributed by atoms with E-state index in [9.17, 15) is 0 Å². The van der Waals surface area contributed by atoms with Gasteiger partial charge in [0.1, 0.15) is 5.58 Å². The van der Waals surface area contributed by atoms with Gasteiger partial charge in [0.2, 0.25) is 0 Å². The van der Waals surface area contributed by atoms with Crippen LogP contribution in [0.5, 0.6) is 0 Å². The Bertz CT molecular complexity index is 2460. The van der Waals surface area contributed by atoms with E-state index in [4.69, 9.17) is 4.42 Å². The van der Waals surface area contributed by atoms with Gasteiger partial charge < -0.3 is 14.4 Å². The van der Waals surface area contributed by atoms with E-state index in [1.807, 2.05) is 36.7 Å². The number of furan rings is 1. The van der Waals surface area contributed by atoms with Gasteiger partial charge in [0, 0.05) is 37.9 Å². The van der Waals surface area contributed by atoms with Gasteiger partial charge in [-0.15, -0.1) is 53.6 Å². The predicted molar refractivity (Wildman–Crippen MR) is 224 cm³/mol. The SMILES string of the molecule is C[Si](C)(C)c1ccc(-c2[c-]ccc(-c3ccccc3)c2)nc1.[Ir].[c-]1ccc2c(oc3cc(-c4ccccc4)ccc32)c1-c1cc(CC2CCCC2)ccn1. The summed E-state index contributed by atoms with van der Waals surface area (Å²) >= 11 is 0. The Morgan fingerprint density at radius 1 is 0.648 bits per heavy atom. The molecule has 0 bridgehead atoms. The number of nitrogens with zero attached hydrogens (tertiary/aromatic N) is 2. The third-order valence-corrected chi connectivity index (χ3v) is 12.5. The quantitative estimate of drug-likeness (QED) is 0.118. The summed E-state index contributed by atoms with van der Waals surface area (Å²) in [6.45, 7) is 7.02. The Labute approximate surface area is 333 Å². The average Bonchev–Trinajstić information content (AvgIpc) is 3.86. The zero-order valence-electron chi connectivity index (χ0n) is 31.1. The van der Waals surface area contributed by atoms with E-state index >= 15 is 0 Å². The first-order chi connectivity index (χ1) is 25.9. The maximum atomic E-state index is 6.40. The van der Waals surface area contributed by atoms with Gasteiger partial charge in [-0.3, -0.25) is 0 Å². The van der Waals surface area contributed by atoms with Crippen LogP contribution < -0.4 is 5.19 Å². The smallest absolute Gasteiger partial charge is 0.121 e. The fraction of sp³-hybridized carbons (Fsp3) is 0.184. The fourth-order valence-corrected chi connectivity index (χ4v) is 8.48. The van der Waals surface area contributed by atoms with Gasteiger partial charge in [0.25, 0.3) is 0 Å². The second-order valence-electron chi connectivity index (χ2n) is 15.2. The summed E-state index contributed by atoms with van der Waals surface area (Å²) in [6.07, 6.45) is 10.6. The molecule has 3 nitrogen and oxygen atoms in total. The maximum Gasteiger partial charge on any atom is 0.121 e. The van der Waals surface area contributed by atoms with E-state index in [1.54, 1.807) is 0 Å². The van der Waals surface area contributed by atoms with Crippen LogP contribution in [0.15, 0.2) is 150 Å². The Kier molecular flexibility index (Phi) is 11.5. The van der Waals surface area contributed by atoms with Crippen molar-refractivity contribution in [1.82, 2.24) is 9.97 Å². The first-order valence-electron chi connectivity index (χ1n) is 18.8. The fourth-order valence-electron chi connectivity index (χ4n) is 7.45. The van der Waals surface area contributed by atoms with Gasteiger partial charge in [-0.05, 0) is 57.7 Å². The van der Waals surface area contributed by atoms with Crippen molar-refractivity contribution in [3.8, 4) is 44.8 Å². The van der Waals surface area contributed by atoms with Crippen molar-refractivity contribution >= 4 is 35.2 Å². The van der Waals surface area contributed by atoms with Crippen LogP contribution in [0.4, 0.5) is 0 Å². The molecular weight excluding hydrogens is 853 g/mol. The molecule has 0 atom stereocenters. The topological polar surface area (TPSA) is 38.9 Å². The summed E-state index contributed by atoms with van der Waals surface area (Å²) in [4.78, 5) is 9.33. The number of hydrogen-bond donors (Lipinski definition) is 0. The number of benzene rings is 5. The molecule has 0 unspecified atom stereocenters. The standard InChI is InChI=1S/C29H24NO.C20H20NSi.Ir/c1-2-9-22(10-3-1)23-13-14-24-25-11-6-12-26(29(25)31-28(24)19-23)27-18-21(15-16-30-27)17-20-7-4-5-8-20;1-22(2,3)19-12-13-20(21-15-19)18-11-7-10-17(14-18)16-8-5-4-6-9-16;/h1-3,6,9-11,13-16,18-20H,4-5,7-8,17H2;4-10,12-15H,1-3H3;/q2*-1;. The second kappa shape index (κ2) is 16.6. The molecule has 1 fully saturated rings. The van der Waals surface area contributed by atoms with Gasteiger partial charge in [-0.25, -0.2) is 0 Å². The van der Waals surface area contributed by atoms with Crippen LogP contribution >= 0.6 is 0 Å². The minimum absolute atomic E-state index is 0. The maximum absolute atomic E-state index is 6.40. The normalized spacial score (nSPS) is 13.0. The van der Waals surface area contributed by atoms with Gasteiger partial charge in [-0.1, -0.05) is 153 Å². The molecule has 5 aromatic carbocycles. The number of pyridine rings is 2. The predicted octanol–water partition coefficient (Wildman–Crippen LogP) is 12.6. The van der Waals surface area contributed by atoms with Crippen LogP contribution in [0.25, 0.3) is 66.7 Å². The van der Waals surface area contributed by atoms with E-state index in [2.05, 4.69) is 151 Å². The number of hydrogen-bond acceptors (Lipinski definition) is 3. The van der Waals surface area contributed by atoms with Crippen molar-refractivity contribution in [2.75, 3.05) is 0 Å². The molecular formula is C49H44IrN2OSi-2. The van der Waals surface area contributed by atoms with E-state index < -0.39 is 8.07 Å². The van der Waals surface area contributed by atoms with E-state index in [0.717, 1.165) is 62.4 Å². The number of aromatic nitrogens is 2. The van der Waals surface area contributed by atoms with Crippen LogP contribution in [0.3, 0.4) is 0 Å². The molecule has 9 rings (SSSR count). The largest absolute Gasteiger partial charge is 0.501 e. The van der Waals surface area contributed by atoms with Gasteiger partial charge >= 0.3 is 0 Å². The number of rotatable bonds is 7. The number of fused-ring (bicyclic) bond motifs is 3. The summed E-state index contributed by atoms with van der Waals surface area (Å²) in [5.74, 6) is 0.817. The molecule has 1 saturated carbocycles. The van der Waals surface area contributed by atoms with Crippen LogP contribution in [-0.4, -0.2) is 18.0 Å². The molecule has 271 valence electrons. The van der Waals surface area contributed by atoms with Crippen LogP contribution in [0.2, 0.25) is 19.6 Å². The van der Waals surface area contributed by atoms with Gasteiger partial charge in [0.05, 0.1) is 13.7 Å². The Balaban J connectivity index is 0.000000174. The molecule has 1 aliphatic carbocycles. The van der Waals surface area contributed by atoms with Crippen molar-refractivity contribution in [2.45, 2.75) is 51.7 Å². The molecule has 0 spiro atoms. The molecule has 3 aromatic heterocycles. The molecule has 3 heterocycles. The molecule has 0 saturated heterocycles. The first-order valence-corrected chi connectivity index (χ1v) is 22.3. The zero-order chi connectivity index (χ0) is 36.2. The first kappa shape index (κ1) is 37.4. The van der Waals surface area contributed by atoms with Crippen molar-refractivity contribution < 1.29 is 24.5 Å². The molecule has 5 heteroatoms. The van der Waals surface area contributed by atoms with Crippen molar-refractivity contribution in [2.24, 2.45) is 5.92 Å². The van der Waals surface area contributed by atoms with Crippen LogP contribution in [0, 0.1) is 18.1 Å². The third-order valence-electron chi connectivity index (χ3n) is 10.4. The average molecular weight is 897 g/mol. The second-order valence-corrected chi connectivity index (χ2v) is 20.3. The van der Waals surface area contributed by atoms with Crippen LogP contribution in [0.1, 0.15) is 31.2 Å². The molecule has 54 heavy (non-hydrogen) atoms. The van der Waals surface area contributed by atoms with E-state index in [-0.39, 0.29) is 20.1 Å². The summed E-state index contributed by atoms with van der Waals surface area (Å²) in [5, 5.41) is 3.63. The van der Waals surface area contributed by atoms with Gasteiger partial charge in [0.15, 0.2) is 0 Å². The summed E-state index contributed by atoms with van der Waals surface area (Å²) < 4.78 is 6.40. The molecule has 0 N–H and O–H groups in total. The monoisotopic (exact) mass is 897 g/mol.